The summed E-state index contributed by atoms with van der Waals surface area (Å²) < 4.78 is 5.63. The van der Waals surface area contributed by atoms with Crippen molar-refractivity contribution in [1.82, 2.24) is 14.9 Å². The molecule has 0 saturated carbocycles. The average molecular weight is 271 g/mol. The molecule has 0 amide bonds. The molecule has 0 saturated heterocycles. The Balaban J connectivity index is 2.01. The number of fused-ring (bicyclic) bond motifs is 3. The molecule has 4 heteroatoms. The van der Waals surface area contributed by atoms with E-state index in [1.807, 2.05) is 13.0 Å². The number of rotatable bonds is 4. The molecule has 1 aromatic carbocycles. The summed E-state index contributed by atoms with van der Waals surface area (Å²) in [7, 11) is 2.16. The van der Waals surface area contributed by atoms with Crippen LogP contribution in [0.1, 0.15) is 25.3 Å². The topological polar surface area (TPSA) is 45.1 Å². The first kappa shape index (κ1) is 13.2. The third kappa shape index (κ3) is 2.20. The largest absolute Gasteiger partial charge is 0.441 e. The van der Waals surface area contributed by atoms with E-state index in [9.17, 15) is 0 Å². The lowest BCUT2D eigenvalue weighted by Gasteiger charge is -2.20. The Morgan fingerprint density at radius 3 is 2.90 bits per heavy atom. The molecule has 0 aliphatic carbocycles. The fourth-order valence-corrected chi connectivity index (χ4v) is 2.54. The Morgan fingerprint density at radius 2 is 2.15 bits per heavy atom. The van der Waals surface area contributed by atoms with Crippen LogP contribution in [0.5, 0.6) is 0 Å². The van der Waals surface area contributed by atoms with Gasteiger partial charge in [-0.15, -0.1) is 0 Å². The summed E-state index contributed by atoms with van der Waals surface area (Å²) in [6.07, 6.45) is 3.11. The van der Waals surface area contributed by atoms with Crippen molar-refractivity contribution in [3.8, 4) is 0 Å². The number of aromatic nitrogens is 2. The molecule has 0 aliphatic rings. The number of H-pyrrole nitrogens is 1. The van der Waals surface area contributed by atoms with Gasteiger partial charge in [-0.05, 0) is 45.0 Å². The third-order valence-corrected chi connectivity index (χ3v) is 4.01. The Bertz CT molecular complexity index is 739. The van der Waals surface area contributed by atoms with Crippen LogP contribution in [0.15, 0.2) is 22.7 Å². The molecule has 20 heavy (non-hydrogen) atoms. The summed E-state index contributed by atoms with van der Waals surface area (Å²) in [6, 6.07) is 4.62. The van der Waals surface area contributed by atoms with Crippen LogP contribution in [0, 0.1) is 6.92 Å². The molecule has 3 rings (SSSR count). The highest BCUT2D eigenvalue weighted by Crippen LogP contribution is 2.28. The second-order valence-corrected chi connectivity index (χ2v) is 5.71. The van der Waals surface area contributed by atoms with E-state index in [-0.39, 0.29) is 0 Å². The standard InChI is InChI=1S/C16H21N3O/c1-10(2)19(4)8-7-12-9-17-13-5-6-14-16(15(12)13)18-11(3)20-14/h5-6,9-10,17H,7-8H2,1-4H3. The zero-order chi connectivity index (χ0) is 14.3. The van der Waals surface area contributed by atoms with Gasteiger partial charge in [-0.2, -0.15) is 0 Å². The first-order chi connectivity index (χ1) is 9.56. The smallest absolute Gasteiger partial charge is 0.192 e. The molecule has 0 bridgehead atoms. The summed E-state index contributed by atoms with van der Waals surface area (Å²) in [5.74, 6) is 0.721. The van der Waals surface area contributed by atoms with Crippen LogP contribution < -0.4 is 0 Å². The molecule has 106 valence electrons. The van der Waals surface area contributed by atoms with Crippen LogP contribution in [0.3, 0.4) is 0 Å². The normalized spacial score (nSPS) is 12.3. The molecule has 0 fully saturated rings. The maximum Gasteiger partial charge on any atom is 0.192 e. The minimum absolute atomic E-state index is 0.564. The molecule has 0 spiro atoms. The summed E-state index contributed by atoms with van der Waals surface area (Å²) in [5.41, 5.74) is 4.29. The van der Waals surface area contributed by atoms with E-state index in [1.165, 1.54) is 10.9 Å². The zero-order valence-electron chi connectivity index (χ0n) is 12.5. The molecule has 0 aliphatic heterocycles. The average Bonchev–Trinajstić information content (AvgIpc) is 2.97. The van der Waals surface area contributed by atoms with E-state index in [0.29, 0.717) is 6.04 Å². The summed E-state index contributed by atoms with van der Waals surface area (Å²) >= 11 is 0. The molecule has 0 radical (unpaired) electrons. The number of nitrogens with one attached hydrogen (secondary N) is 1. The molecule has 3 aromatic rings. The fraction of sp³-hybridized carbons (Fsp3) is 0.438. The van der Waals surface area contributed by atoms with Crippen LogP contribution in [-0.4, -0.2) is 34.5 Å². The van der Waals surface area contributed by atoms with E-state index in [1.54, 1.807) is 0 Å². The highest BCUT2D eigenvalue weighted by Gasteiger charge is 2.13. The quantitative estimate of drug-likeness (QED) is 0.790. The Labute approximate surface area is 118 Å². The van der Waals surface area contributed by atoms with Gasteiger partial charge in [-0.25, -0.2) is 4.98 Å². The third-order valence-electron chi connectivity index (χ3n) is 4.01. The van der Waals surface area contributed by atoms with Gasteiger partial charge in [0.2, 0.25) is 0 Å². The lowest BCUT2D eigenvalue weighted by molar-refractivity contribution is 0.278. The van der Waals surface area contributed by atoms with Gasteiger partial charge < -0.3 is 14.3 Å². The zero-order valence-corrected chi connectivity index (χ0v) is 12.5. The van der Waals surface area contributed by atoms with Gasteiger partial charge in [-0.3, -0.25) is 0 Å². The van der Waals surface area contributed by atoms with Crippen molar-refractivity contribution < 1.29 is 4.42 Å². The minimum Gasteiger partial charge on any atom is -0.441 e. The second kappa shape index (κ2) is 4.94. The monoisotopic (exact) mass is 271 g/mol. The maximum absolute atomic E-state index is 5.63. The number of benzene rings is 1. The van der Waals surface area contributed by atoms with E-state index in [4.69, 9.17) is 4.42 Å². The van der Waals surface area contributed by atoms with Gasteiger partial charge in [0, 0.05) is 36.6 Å². The summed E-state index contributed by atoms with van der Waals surface area (Å²) in [5, 5.41) is 1.21. The Morgan fingerprint density at radius 1 is 1.35 bits per heavy atom. The first-order valence-corrected chi connectivity index (χ1v) is 7.12. The lowest BCUT2D eigenvalue weighted by Crippen LogP contribution is -2.28. The molecule has 2 aromatic heterocycles. The van der Waals surface area contributed by atoms with Crippen LogP contribution in [0.2, 0.25) is 0 Å². The summed E-state index contributed by atoms with van der Waals surface area (Å²) in [6.45, 7) is 7.37. The van der Waals surface area contributed by atoms with Crippen molar-refractivity contribution in [2.75, 3.05) is 13.6 Å². The molecule has 0 atom stereocenters. The van der Waals surface area contributed by atoms with Crippen LogP contribution >= 0.6 is 0 Å². The minimum atomic E-state index is 0.564. The SMILES string of the molecule is Cc1nc2c(ccc3[nH]cc(CCN(C)C(C)C)c32)o1. The van der Waals surface area contributed by atoms with Crippen molar-refractivity contribution in [3.05, 3.63) is 29.8 Å². The van der Waals surface area contributed by atoms with E-state index >= 15 is 0 Å². The number of aryl methyl sites for hydroxylation is 1. The van der Waals surface area contributed by atoms with Gasteiger partial charge >= 0.3 is 0 Å². The van der Waals surface area contributed by atoms with Gasteiger partial charge in [-0.1, -0.05) is 0 Å². The number of aromatic amines is 1. The maximum atomic E-state index is 5.63. The van der Waals surface area contributed by atoms with Gasteiger partial charge in [0.15, 0.2) is 11.5 Å². The Kier molecular flexibility index (Phi) is 3.26. The number of nitrogens with zero attached hydrogens (tertiary/aromatic N) is 2. The molecular formula is C16H21N3O. The van der Waals surface area contributed by atoms with Gasteiger partial charge in [0.25, 0.3) is 0 Å². The highest BCUT2D eigenvalue weighted by atomic mass is 16.3. The molecular weight excluding hydrogens is 250 g/mol. The van der Waals surface area contributed by atoms with Crippen molar-refractivity contribution in [3.63, 3.8) is 0 Å². The van der Waals surface area contributed by atoms with Crippen molar-refractivity contribution >= 4 is 22.0 Å². The second-order valence-electron chi connectivity index (χ2n) is 5.71. The molecule has 0 unspecified atom stereocenters. The predicted molar refractivity (Wildman–Crippen MR) is 82.1 cm³/mol. The van der Waals surface area contributed by atoms with Crippen molar-refractivity contribution in [2.24, 2.45) is 0 Å². The van der Waals surface area contributed by atoms with Crippen LogP contribution in [-0.2, 0) is 6.42 Å². The molecule has 1 N–H and O–H groups in total. The van der Waals surface area contributed by atoms with Crippen molar-refractivity contribution in [1.29, 1.82) is 0 Å². The predicted octanol–water partition coefficient (Wildman–Crippen LogP) is 3.50. The number of hydrogen-bond donors (Lipinski definition) is 1. The number of hydrogen-bond acceptors (Lipinski definition) is 3. The van der Waals surface area contributed by atoms with Crippen LogP contribution in [0.25, 0.3) is 22.0 Å². The van der Waals surface area contributed by atoms with Crippen molar-refractivity contribution in [2.45, 2.75) is 33.2 Å². The lowest BCUT2D eigenvalue weighted by atomic mass is 10.1. The van der Waals surface area contributed by atoms with E-state index in [0.717, 1.165) is 35.5 Å². The van der Waals surface area contributed by atoms with Gasteiger partial charge in [0.1, 0.15) is 5.52 Å². The molecule has 4 nitrogen and oxygen atoms in total. The van der Waals surface area contributed by atoms with E-state index in [2.05, 4.69) is 48.0 Å². The first-order valence-electron chi connectivity index (χ1n) is 7.12. The van der Waals surface area contributed by atoms with Gasteiger partial charge in [0.05, 0.1) is 0 Å². The fourth-order valence-electron chi connectivity index (χ4n) is 2.54. The highest BCUT2D eigenvalue weighted by molar-refractivity contribution is 6.04. The summed E-state index contributed by atoms with van der Waals surface area (Å²) in [4.78, 5) is 10.2. The Hall–Kier alpha value is -1.81. The number of likely N-dealkylation sites (N-methyl/N-ethyl adjacent to an activating group) is 1. The molecule has 2 heterocycles. The van der Waals surface area contributed by atoms with Crippen LogP contribution in [0.4, 0.5) is 0 Å². The number of oxazole rings is 1. The van der Waals surface area contributed by atoms with E-state index < -0.39 is 0 Å².